The molecule has 0 heterocycles. The molecule has 0 saturated carbocycles. The van der Waals surface area contributed by atoms with Gasteiger partial charge in [0, 0.05) is 0 Å². The highest BCUT2D eigenvalue weighted by Gasteiger charge is 2.28. The van der Waals surface area contributed by atoms with Crippen LogP contribution in [0.15, 0.2) is 48.5 Å². The van der Waals surface area contributed by atoms with Crippen molar-refractivity contribution in [3.8, 4) is 16.9 Å². The Morgan fingerprint density at radius 3 is 2.23 bits per heavy atom. The Labute approximate surface area is 133 Å². The first-order valence-electron chi connectivity index (χ1n) is 6.57. The van der Waals surface area contributed by atoms with E-state index >= 15 is 0 Å². The molecule has 2 N–H and O–H groups in total. The lowest BCUT2D eigenvalue weighted by Crippen LogP contribution is -2.19. The van der Waals surface area contributed by atoms with Crippen molar-refractivity contribution in [1.82, 2.24) is 0 Å². The molecule has 22 heavy (non-hydrogen) atoms. The predicted octanol–water partition coefficient (Wildman–Crippen LogP) is 4.22. The number of nitrogens with two attached hydrogens (primary N) is 1. The summed E-state index contributed by atoms with van der Waals surface area (Å²) in [7, 11) is 0. The molecule has 0 aromatic heterocycles. The van der Waals surface area contributed by atoms with Gasteiger partial charge in [0.25, 0.3) is 0 Å². The van der Waals surface area contributed by atoms with Crippen LogP contribution in [-0.4, -0.2) is 19.3 Å². The molecule has 0 unspecified atom stereocenters. The summed E-state index contributed by atoms with van der Waals surface area (Å²) < 4.78 is 41.3. The van der Waals surface area contributed by atoms with Crippen molar-refractivity contribution in [3.63, 3.8) is 0 Å². The molecule has 2 aromatic carbocycles. The van der Waals surface area contributed by atoms with Crippen LogP contribution in [-0.2, 0) is 6.42 Å². The normalized spacial score (nSPS) is 10.9. The molecule has 0 aliphatic rings. The third-order valence-electron chi connectivity index (χ3n) is 2.93. The van der Waals surface area contributed by atoms with Gasteiger partial charge in [-0.2, -0.15) is 13.2 Å². The third-order valence-corrected chi connectivity index (χ3v) is 2.93. The van der Waals surface area contributed by atoms with E-state index in [1.807, 2.05) is 30.3 Å². The van der Waals surface area contributed by atoms with Crippen LogP contribution in [0.3, 0.4) is 0 Å². The second-order valence-corrected chi connectivity index (χ2v) is 4.67. The second-order valence-electron chi connectivity index (χ2n) is 4.67. The van der Waals surface area contributed by atoms with Gasteiger partial charge in [-0.1, -0.05) is 36.4 Å². The van der Waals surface area contributed by atoms with Crippen LogP contribution < -0.4 is 10.5 Å². The minimum absolute atomic E-state index is 0. The van der Waals surface area contributed by atoms with Gasteiger partial charge >= 0.3 is 6.18 Å². The van der Waals surface area contributed by atoms with E-state index in [1.54, 1.807) is 12.1 Å². The molecule has 0 aliphatic carbocycles. The van der Waals surface area contributed by atoms with Crippen molar-refractivity contribution in [2.45, 2.75) is 12.6 Å². The Balaban J connectivity index is 0.00000242. The topological polar surface area (TPSA) is 35.2 Å². The van der Waals surface area contributed by atoms with Crippen LogP contribution in [0.4, 0.5) is 13.2 Å². The first-order valence-corrected chi connectivity index (χ1v) is 6.57. The Kier molecular flexibility index (Phi) is 6.71. The van der Waals surface area contributed by atoms with Gasteiger partial charge < -0.3 is 10.5 Å². The quantitative estimate of drug-likeness (QED) is 0.890. The zero-order valence-corrected chi connectivity index (χ0v) is 12.6. The number of rotatable bonds is 5. The number of hydrogen-bond acceptors (Lipinski definition) is 2. The first-order chi connectivity index (χ1) is 9.98. The molecule has 2 nitrogen and oxygen atoms in total. The van der Waals surface area contributed by atoms with Gasteiger partial charge in [0.1, 0.15) is 5.75 Å². The molecule has 6 heteroatoms. The monoisotopic (exact) mass is 331 g/mol. The minimum atomic E-state index is -4.34. The standard InChI is InChI=1S/C16H16F3NO.ClH/c17-16(18,19)11-21-15-6-2-5-14(10-15)13-4-1-3-12(9-13)7-8-20;/h1-6,9-10H,7-8,11,20H2;1H. The minimum Gasteiger partial charge on any atom is -0.484 e. The van der Waals surface area contributed by atoms with Gasteiger partial charge in [0.15, 0.2) is 6.61 Å². The molecule has 2 rings (SSSR count). The largest absolute Gasteiger partial charge is 0.484 e. The van der Waals surface area contributed by atoms with Crippen LogP contribution in [0.2, 0.25) is 0 Å². The van der Waals surface area contributed by atoms with Crippen molar-refractivity contribution in [2.24, 2.45) is 5.73 Å². The van der Waals surface area contributed by atoms with Crippen molar-refractivity contribution >= 4 is 12.4 Å². The zero-order chi connectivity index (χ0) is 15.3. The van der Waals surface area contributed by atoms with Crippen molar-refractivity contribution in [1.29, 1.82) is 0 Å². The van der Waals surface area contributed by atoms with Crippen LogP contribution in [0.25, 0.3) is 11.1 Å². The SMILES string of the molecule is Cl.NCCc1cccc(-c2cccc(OCC(F)(F)F)c2)c1. The zero-order valence-electron chi connectivity index (χ0n) is 11.8. The summed E-state index contributed by atoms with van der Waals surface area (Å²) in [5.41, 5.74) is 8.36. The lowest BCUT2D eigenvalue weighted by atomic mass is 10.0. The van der Waals surface area contributed by atoms with Crippen molar-refractivity contribution < 1.29 is 17.9 Å². The Hall–Kier alpha value is -1.72. The fourth-order valence-corrected chi connectivity index (χ4v) is 2.00. The molecular formula is C16H17ClF3NO. The molecule has 0 amide bonds. The maximum absolute atomic E-state index is 12.2. The summed E-state index contributed by atoms with van der Waals surface area (Å²) in [6.45, 7) is -0.734. The van der Waals surface area contributed by atoms with Crippen molar-refractivity contribution in [3.05, 3.63) is 54.1 Å². The van der Waals surface area contributed by atoms with Gasteiger partial charge in [-0.15, -0.1) is 12.4 Å². The summed E-state index contributed by atoms with van der Waals surface area (Å²) in [5.74, 6) is 0.203. The summed E-state index contributed by atoms with van der Waals surface area (Å²) in [6, 6.07) is 14.4. The Morgan fingerprint density at radius 1 is 0.955 bits per heavy atom. The summed E-state index contributed by atoms with van der Waals surface area (Å²) in [5, 5.41) is 0. The fraction of sp³-hybridized carbons (Fsp3) is 0.250. The van der Waals surface area contributed by atoms with Crippen LogP contribution in [0.1, 0.15) is 5.56 Å². The van der Waals surface area contributed by atoms with Crippen LogP contribution >= 0.6 is 12.4 Å². The molecular weight excluding hydrogens is 315 g/mol. The molecule has 0 radical (unpaired) electrons. The van der Waals surface area contributed by atoms with Crippen LogP contribution in [0.5, 0.6) is 5.75 Å². The lowest BCUT2D eigenvalue weighted by Gasteiger charge is -2.11. The van der Waals surface area contributed by atoms with Gasteiger partial charge in [0.05, 0.1) is 0 Å². The van der Waals surface area contributed by atoms with E-state index in [1.165, 1.54) is 6.07 Å². The molecule has 0 saturated heterocycles. The summed E-state index contributed by atoms with van der Waals surface area (Å²) in [4.78, 5) is 0. The Morgan fingerprint density at radius 2 is 1.59 bits per heavy atom. The van der Waals surface area contributed by atoms with Gasteiger partial charge in [-0.3, -0.25) is 0 Å². The van der Waals surface area contributed by atoms with Crippen LogP contribution in [0, 0.1) is 0 Å². The van der Waals surface area contributed by atoms with Gasteiger partial charge in [-0.05, 0) is 41.8 Å². The summed E-state index contributed by atoms with van der Waals surface area (Å²) in [6.07, 6.45) is -3.57. The van der Waals surface area contributed by atoms with E-state index < -0.39 is 12.8 Å². The highest BCUT2D eigenvalue weighted by molar-refractivity contribution is 5.85. The van der Waals surface area contributed by atoms with E-state index in [2.05, 4.69) is 0 Å². The number of hydrogen-bond donors (Lipinski definition) is 1. The summed E-state index contributed by atoms with van der Waals surface area (Å²) >= 11 is 0. The third kappa shape index (κ3) is 5.58. The molecule has 120 valence electrons. The van der Waals surface area contributed by atoms with E-state index in [9.17, 15) is 13.2 Å². The highest BCUT2D eigenvalue weighted by atomic mass is 35.5. The molecule has 0 bridgehead atoms. The maximum atomic E-state index is 12.2. The predicted molar refractivity (Wildman–Crippen MR) is 83.4 cm³/mol. The number of alkyl halides is 3. The number of benzene rings is 2. The van der Waals surface area contributed by atoms with E-state index in [0.29, 0.717) is 6.54 Å². The van der Waals surface area contributed by atoms with Crippen molar-refractivity contribution in [2.75, 3.05) is 13.2 Å². The number of ether oxygens (including phenoxy) is 1. The molecule has 0 fully saturated rings. The van der Waals surface area contributed by atoms with E-state index in [4.69, 9.17) is 10.5 Å². The molecule has 2 aromatic rings. The second kappa shape index (κ2) is 8.06. The molecule has 0 atom stereocenters. The van der Waals surface area contributed by atoms with Gasteiger partial charge in [-0.25, -0.2) is 0 Å². The van der Waals surface area contributed by atoms with E-state index in [0.717, 1.165) is 23.1 Å². The molecule has 0 aliphatic heterocycles. The fourth-order valence-electron chi connectivity index (χ4n) is 2.00. The molecule has 0 spiro atoms. The Bertz CT molecular complexity index is 602. The average molecular weight is 332 g/mol. The average Bonchev–Trinajstić information content (AvgIpc) is 2.45. The van der Waals surface area contributed by atoms with Gasteiger partial charge in [0.2, 0.25) is 0 Å². The first kappa shape index (κ1) is 18.3. The maximum Gasteiger partial charge on any atom is 0.422 e. The number of halogens is 4. The smallest absolute Gasteiger partial charge is 0.422 e. The van der Waals surface area contributed by atoms with E-state index in [-0.39, 0.29) is 18.2 Å². The highest BCUT2D eigenvalue weighted by Crippen LogP contribution is 2.26. The lowest BCUT2D eigenvalue weighted by molar-refractivity contribution is -0.153.